The maximum atomic E-state index is 9.49. The molecule has 0 aliphatic rings. The highest BCUT2D eigenvalue weighted by Gasteiger charge is 2.10. The zero-order valence-corrected chi connectivity index (χ0v) is 11.4. The Hall–Kier alpha value is 0.580. The van der Waals surface area contributed by atoms with Crippen molar-refractivity contribution in [1.82, 2.24) is 0 Å². The third-order valence-corrected chi connectivity index (χ3v) is 4.78. The molecule has 0 aliphatic carbocycles. The van der Waals surface area contributed by atoms with E-state index in [1.54, 1.807) is 0 Å². The van der Waals surface area contributed by atoms with Crippen molar-refractivity contribution < 1.29 is 5.11 Å². The van der Waals surface area contributed by atoms with Crippen molar-refractivity contribution in [2.45, 2.75) is 6.10 Å². The van der Waals surface area contributed by atoms with Crippen molar-refractivity contribution in [2.24, 2.45) is 5.73 Å². The molecule has 1 aromatic carbocycles. The largest absolute Gasteiger partial charge is 0.387 e. The second-order valence-electron chi connectivity index (χ2n) is 2.55. The van der Waals surface area contributed by atoms with Gasteiger partial charge in [0.1, 0.15) is 0 Å². The van der Waals surface area contributed by atoms with Crippen molar-refractivity contribution in [3.05, 3.63) is 31.1 Å². The predicted octanol–water partition coefficient (Wildman–Crippen LogP) is 2.97. The normalized spacial score (nSPS) is 13.0. The van der Waals surface area contributed by atoms with E-state index in [0.29, 0.717) is 0 Å². The predicted molar refractivity (Wildman–Crippen MR) is 63.6 cm³/mol. The second-order valence-corrected chi connectivity index (χ2v) is 5.05. The third kappa shape index (κ3) is 2.76. The van der Waals surface area contributed by atoms with Gasteiger partial charge in [-0.3, -0.25) is 0 Å². The van der Waals surface area contributed by atoms with E-state index in [9.17, 15) is 5.11 Å². The summed E-state index contributed by atoms with van der Waals surface area (Å²) in [6, 6.07) is 3.68. The molecule has 0 radical (unpaired) electrons. The summed E-state index contributed by atoms with van der Waals surface area (Å²) in [6.45, 7) is 0.223. The van der Waals surface area contributed by atoms with Crippen LogP contribution < -0.4 is 5.73 Å². The number of halogens is 3. The highest BCUT2D eigenvalue weighted by atomic mass is 79.9. The lowest BCUT2D eigenvalue weighted by molar-refractivity contribution is 0.186. The van der Waals surface area contributed by atoms with E-state index in [1.807, 2.05) is 12.1 Å². The molecular formula is C8H8Br3NO. The van der Waals surface area contributed by atoms with E-state index < -0.39 is 6.10 Å². The molecule has 0 unspecified atom stereocenters. The maximum Gasteiger partial charge on any atom is 0.0913 e. The summed E-state index contributed by atoms with van der Waals surface area (Å²) >= 11 is 10.1. The molecule has 13 heavy (non-hydrogen) atoms. The molecule has 0 aliphatic heterocycles. The fourth-order valence-electron chi connectivity index (χ4n) is 0.904. The molecule has 0 spiro atoms. The molecule has 1 rings (SSSR count). The summed E-state index contributed by atoms with van der Waals surface area (Å²) in [5.74, 6) is 0. The van der Waals surface area contributed by atoms with Crippen molar-refractivity contribution in [3.63, 3.8) is 0 Å². The van der Waals surface area contributed by atoms with Crippen molar-refractivity contribution in [1.29, 1.82) is 0 Å². The van der Waals surface area contributed by atoms with Crippen LogP contribution in [0, 0.1) is 0 Å². The fraction of sp³-hybridized carbons (Fsp3) is 0.250. The Morgan fingerprint density at radius 1 is 1.23 bits per heavy atom. The lowest BCUT2D eigenvalue weighted by atomic mass is 10.1. The molecule has 3 N–H and O–H groups in total. The van der Waals surface area contributed by atoms with Gasteiger partial charge in [-0.15, -0.1) is 0 Å². The van der Waals surface area contributed by atoms with Gasteiger partial charge < -0.3 is 10.8 Å². The van der Waals surface area contributed by atoms with Crippen LogP contribution in [0.4, 0.5) is 0 Å². The van der Waals surface area contributed by atoms with Gasteiger partial charge in [0.25, 0.3) is 0 Å². The van der Waals surface area contributed by atoms with Gasteiger partial charge in [-0.05, 0) is 65.5 Å². The number of aliphatic hydroxyl groups excluding tert-OH is 1. The van der Waals surface area contributed by atoms with Gasteiger partial charge in [-0.2, -0.15) is 0 Å². The van der Waals surface area contributed by atoms with E-state index in [-0.39, 0.29) is 6.54 Å². The first-order valence-corrected chi connectivity index (χ1v) is 5.96. The number of hydrogen-bond acceptors (Lipinski definition) is 2. The van der Waals surface area contributed by atoms with E-state index in [0.717, 1.165) is 19.0 Å². The summed E-state index contributed by atoms with van der Waals surface area (Å²) in [7, 11) is 0. The maximum absolute atomic E-state index is 9.49. The zero-order chi connectivity index (χ0) is 10.0. The molecule has 1 atom stereocenters. The minimum Gasteiger partial charge on any atom is -0.387 e. The number of aliphatic hydroxyl groups is 1. The average Bonchev–Trinajstić information content (AvgIpc) is 2.12. The van der Waals surface area contributed by atoms with Gasteiger partial charge >= 0.3 is 0 Å². The lowest BCUT2D eigenvalue weighted by Crippen LogP contribution is -2.11. The lowest BCUT2D eigenvalue weighted by Gasteiger charge is -2.10. The minimum absolute atomic E-state index is 0.223. The Kier molecular flexibility index (Phi) is 4.38. The third-order valence-electron chi connectivity index (χ3n) is 1.61. The molecule has 0 amide bonds. The number of benzene rings is 1. The van der Waals surface area contributed by atoms with Crippen LogP contribution in [0.2, 0.25) is 0 Å². The van der Waals surface area contributed by atoms with Gasteiger partial charge in [0.2, 0.25) is 0 Å². The highest BCUT2D eigenvalue weighted by Crippen LogP contribution is 2.33. The molecule has 0 bridgehead atoms. The monoisotopic (exact) mass is 371 g/mol. The molecule has 0 saturated carbocycles. The minimum atomic E-state index is -0.610. The standard InChI is InChI=1S/C8H8Br3NO/c9-5-1-4(7(13)3-12)2-6(10)8(5)11/h1-2,7,13H,3,12H2/t7-/m0/s1. The van der Waals surface area contributed by atoms with Gasteiger partial charge in [0, 0.05) is 20.0 Å². The zero-order valence-electron chi connectivity index (χ0n) is 6.60. The average molecular weight is 374 g/mol. The Morgan fingerprint density at radius 2 is 1.69 bits per heavy atom. The number of nitrogens with two attached hydrogens (primary N) is 1. The van der Waals surface area contributed by atoms with Crippen LogP contribution >= 0.6 is 47.8 Å². The summed E-state index contributed by atoms with van der Waals surface area (Å²) in [5.41, 5.74) is 6.15. The first kappa shape index (κ1) is 11.7. The first-order chi connectivity index (χ1) is 6.06. The molecule has 5 heteroatoms. The molecule has 0 saturated heterocycles. The van der Waals surface area contributed by atoms with E-state index in [2.05, 4.69) is 47.8 Å². The fourth-order valence-corrected chi connectivity index (χ4v) is 2.35. The summed E-state index contributed by atoms with van der Waals surface area (Å²) in [4.78, 5) is 0. The Labute approximate surface area is 102 Å². The summed E-state index contributed by atoms with van der Waals surface area (Å²) < 4.78 is 2.72. The molecule has 1 aromatic rings. The molecule has 2 nitrogen and oxygen atoms in total. The van der Waals surface area contributed by atoms with Gasteiger partial charge in [-0.1, -0.05) is 0 Å². The Morgan fingerprint density at radius 3 is 2.08 bits per heavy atom. The van der Waals surface area contributed by atoms with Gasteiger partial charge in [0.05, 0.1) is 6.10 Å². The van der Waals surface area contributed by atoms with Crippen molar-refractivity contribution >= 4 is 47.8 Å². The van der Waals surface area contributed by atoms with Crippen LogP contribution in [0.25, 0.3) is 0 Å². The second kappa shape index (κ2) is 4.89. The number of rotatable bonds is 2. The quantitative estimate of drug-likeness (QED) is 0.783. The van der Waals surface area contributed by atoms with Crippen molar-refractivity contribution in [2.75, 3.05) is 6.54 Å². The molecule has 0 fully saturated rings. The van der Waals surface area contributed by atoms with E-state index in [4.69, 9.17) is 5.73 Å². The van der Waals surface area contributed by atoms with Crippen LogP contribution in [0.5, 0.6) is 0 Å². The Bertz CT molecular complexity index is 293. The van der Waals surface area contributed by atoms with Crippen LogP contribution in [0.1, 0.15) is 11.7 Å². The molecule has 72 valence electrons. The summed E-state index contributed by atoms with van der Waals surface area (Å²) in [6.07, 6.45) is -0.610. The molecule has 0 heterocycles. The van der Waals surface area contributed by atoms with Crippen molar-refractivity contribution in [3.8, 4) is 0 Å². The first-order valence-electron chi connectivity index (χ1n) is 3.59. The smallest absolute Gasteiger partial charge is 0.0913 e. The van der Waals surface area contributed by atoms with Crippen LogP contribution in [-0.4, -0.2) is 11.7 Å². The van der Waals surface area contributed by atoms with Crippen LogP contribution in [0.3, 0.4) is 0 Å². The molecular weight excluding hydrogens is 366 g/mol. The topological polar surface area (TPSA) is 46.2 Å². The molecule has 0 aromatic heterocycles. The van der Waals surface area contributed by atoms with E-state index in [1.165, 1.54) is 0 Å². The van der Waals surface area contributed by atoms with Gasteiger partial charge in [0.15, 0.2) is 0 Å². The highest BCUT2D eigenvalue weighted by molar-refractivity contribution is 9.14. The Balaban J connectivity index is 3.13. The van der Waals surface area contributed by atoms with E-state index >= 15 is 0 Å². The SMILES string of the molecule is NC[C@H](O)c1cc(Br)c(Br)c(Br)c1. The number of hydrogen-bond donors (Lipinski definition) is 2. The van der Waals surface area contributed by atoms with Gasteiger partial charge in [-0.25, -0.2) is 0 Å². The van der Waals surface area contributed by atoms with Crippen LogP contribution in [-0.2, 0) is 0 Å². The van der Waals surface area contributed by atoms with Crippen LogP contribution in [0.15, 0.2) is 25.6 Å². The summed E-state index contributed by atoms with van der Waals surface area (Å²) in [5, 5.41) is 9.49.